The topological polar surface area (TPSA) is 85.2 Å². The molecule has 0 aliphatic carbocycles. The van der Waals surface area contributed by atoms with Crippen LogP contribution in [0.15, 0.2) is 12.1 Å². The summed E-state index contributed by atoms with van der Waals surface area (Å²) in [4.78, 5) is 2.60. The Hall–Kier alpha value is -1.83. The van der Waals surface area contributed by atoms with E-state index < -0.39 is 0 Å². The molecule has 0 spiro atoms. The largest absolute Gasteiger partial charge is 0.393 e. The Bertz CT molecular complexity index is 552. The fraction of sp³-hybridized carbons (Fsp3) is 0.500. The number of thiocarbonyl (C=S) groups is 1. The lowest BCUT2D eigenvalue weighted by Crippen LogP contribution is -2.34. The summed E-state index contributed by atoms with van der Waals surface area (Å²) in [5.74, 6) is 0.937. The summed E-state index contributed by atoms with van der Waals surface area (Å²) in [7, 11) is 0. The number of nitrogens with zero attached hydrogens (tertiary/aromatic N) is 6. The molecule has 0 bridgehead atoms. The van der Waals surface area contributed by atoms with Gasteiger partial charge in [0.15, 0.2) is 11.5 Å². The average Bonchev–Trinajstić information content (AvgIpc) is 2.82. The molecule has 2 rings (SSSR count). The van der Waals surface area contributed by atoms with Gasteiger partial charge in [0.1, 0.15) is 0 Å². The summed E-state index contributed by atoms with van der Waals surface area (Å²) in [6.07, 6.45) is 0. The zero-order valence-electron chi connectivity index (χ0n) is 10.3. The van der Waals surface area contributed by atoms with E-state index in [0.717, 1.165) is 18.9 Å². The Kier molecular flexibility index (Phi) is 3.66. The second-order valence-corrected chi connectivity index (χ2v) is 4.53. The van der Waals surface area contributed by atoms with Gasteiger partial charge in [-0.1, -0.05) is 19.1 Å². The first-order chi connectivity index (χ1) is 8.61. The molecular formula is C10H15N7S. The van der Waals surface area contributed by atoms with Crippen LogP contribution in [0.25, 0.3) is 5.65 Å². The van der Waals surface area contributed by atoms with Gasteiger partial charge in [-0.15, -0.1) is 14.8 Å². The van der Waals surface area contributed by atoms with E-state index in [9.17, 15) is 0 Å². The van der Waals surface area contributed by atoms with Crippen LogP contribution in [0.2, 0.25) is 0 Å². The van der Waals surface area contributed by atoms with Gasteiger partial charge in [-0.3, -0.25) is 0 Å². The highest BCUT2D eigenvalue weighted by Gasteiger charge is 2.13. The number of fused-ring (bicyclic) bond motifs is 1. The number of aromatic nitrogens is 5. The van der Waals surface area contributed by atoms with E-state index in [1.807, 2.05) is 19.1 Å². The van der Waals surface area contributed by atoms with Gasteiger partial charge in [0.2, 0.25) is 0 Å². The summed E-state index contributed by atoms with van der Waals surface area (Å²) in [5, 5.41) is 15.5. The zero-order chi connectivity index (χ0) is 13.1. The van der Waals surface area contributed by atoms with E-state index in [1.165, 1.54) is 4.63 Å². The molecule has 2 heterocycles. The van der Waals surface area contributed by atoms with E-state index in [2.05, 4.69) is 32.4 Å². The summed E-state index contributed by atoms with van der Waals surface area (Å²) in [6, 6.07) is 3.72. The Morgan fingerprint density at radius 2 is 2.33 bits per heavy atom. The third kappa shape index (κ3) is 2.53. The van der Waals surface area contributed by atoms with Gasteiger partial charge in [0, 0.05) is 19.0 Å². The second kappa shape index (κ2) is 5.21. The molecule has 96 valence electrons. The van der Waals surface area contributed by atoms with Crippen LogP contribution in [0.1, 0.15) is 13.8 Å². The number of hydrogen-bond donors (Lipinski definition) is 1. The Labute approximate surface area is 110 Å². The molecule has 2 N–H and O–H groups in total. The number of anilines is 1. The minimum absolute atomic E-state index is 0.131. The average molecular weight is 265 g/mol. The first kappa shape index (κ1) is 12.6. The minimum Gasteiger partial charge on any atom is -0.393 e. The van der Waals surface area contributed by atoms with Crippen molar-refractivity contribution in [2.75, 3.05) is 18.0 Å². The predicted molar refractivity (Wildman–Crippen MR) is 72.4 cm³/mol. The summed E-state index contributed by atoms with van der Waals surface area (Å²) < 4.78 is 1.41. The van der Waals surface area contributed by atoms with E-state index in [4.69, 9.17) is 18.0 Å². The maximum Gasteiger partial charge on any atom is 0.200 e. The van der Waals surface area contributed by atoms with Crippen LogP contribution in [0.3, 0.4) is 0 Å². The second-order valence-electron chi connectivity index (χ2n) is 4.06. The zero-order valence-corrected chi connectivity index (χ0v) is 11.1. The molecule has 0 aliphatic heterocycles. The smallest absolute Gasteiger partial charge is 0.200 e. The third-order valence-electron chi connectivity index (χ3n) is 2.74. The molecule has 1 unspecified atom stereocenters. The summed E-state index contributed by atoms with van der Waals surface area (Å²) in [6.45, 7) is 5.60. The fourth-order valence-corrected chi connectivity index (χ4v) is 1.69. The number of nitrogens with two attached hydrogens (primary N) is 1. The normalized spacial score (nSPS) is 12.6. The quantitative estimate of drug-likeness (QED) is 0.776. The van der Waals surface area contributed by atoms with E-state index in [-0.39, 0.29) is 5.92 Å². The molecule has 0 saturated heterocycles. The van der Waals surface area contributed by atoms with Crippen LogP contribution < -0.4 is 10.6 Å². The Balaban J connectivity index is 2.23. The molecule has 0 radical (unpaired) electrons. The predicted octanol–water partition coefficient (Wildman–Crippen LogP) is 0.268. The van der Waals surface area contributed by atoms with Crippen LogP contribution >= 0.6 is 12.2 Å². The van der Waals surface area contributed by atoms with Gasteiger partial charge < -0.3 is 10.6 Å². The lowest BCUT2D eigenvalue weighted by Gasteiger charge is -2.24. The van der Waals surface area contributed by atoms with Gasteiger partial charge in [-0.05, 0) is 29.5 Å². The third-order valence-corrected chi connectivity index (χ3v) is 3.14. The maximum atomic E-state index is 5.64. The van der Waals surface area contributed by atoms with E-state index in [0.29, 0.717) is 10.6 Å². The summed E-state index contributed by atoms with van der Waals surface area (Å²) in [5.41, 5.74) is 6.26. The highest BCUT2D eigenvalue weighted by Crippen LogP contribution is 2.12. The van der Waals surface area contributed by atoms with Gasteiger partial charge in [0.05, 0.1) is 4.99 Å². The molecule has 0 saturated carbocycles. The van der Waals surface area contributed by atoms with Crippen LogP contribution in [0, 0.1) is 5.92 Å². The van der Waals surface area contributed by atoms with Crippen molar-refractivity contribution in [2.45, 2.75) is 13.8 Å². The van der Waals surface area contributed by atoms with Gasteiger partial charge in [-0.2, -0.15) is 0 Å². The molecule has 0 aliphatic rings. The molecule has 18 heavy (non-hydrogen) atoms. The monoisotopic (exact) mass is 265 g/mol. The fourth-order valence-electron chi connectivity index (χ4n) is 1.61. The lowest BCUT2D eigenvalue weighted by atomic mass is 10.1. The van der Waals surface area contributed by atoms with Crippen LogP contribution in [-0.2, 0) is 0 Å². The number of rotatable bonds is 5. The number of hydrogen-bond acceptors (Lipinski definition) is 6. The van der Waals surface area contributed by atoms with Gasteiger partial charge in [-0.25, -0.2) is 0 Å². The molecule has 8 heteroatoms. The highest BCUT2D eigenvalue weighted by atomic mass is 32.1. The minimum atomic E-state index is 0.131. The molecule has 0 fully saturated rings. The molecule has 2 aromatic rings. The molecule has 0 amide bonds. The van der Waals surface area contributed by atoms with Crippen LogP contribution in [-0.4, -0.2) is 43.3 Å². The number of tetrazole rings is 1. The molecule has 2 aromatic heterocycles. The standard InChI is InChI=1S/C10H15N7S/c1-3-16(6-7(2)10(11)18)9-5-4-8-12-14-15-17(8)13-9/h4-5,7H,3,6H2,1-2H3,(H2,11,18). The van der Waals surface area contributed by atoms with Crippen molar-refractivity contribution in [3.05, 3.63) is 12.1 Å². The van der Waals surface area contributed by atoms with Gasteiger partial charge in [0.25, 0.3) is 0 Å². The molecule has 0 aromatic carbocycles. The van der Waals surface area contributed by atoms with Crippen molar-refractivity contribution in [2.24, 2.45) is 11.7 Å². The highest BCUT2D eigenvalue weighted by molar-refractivity contribution is 7.80. The van der Waals surface area contributed by atoms with Crippen molar-refractivity contribution in [3.63, 3.8) is 0 Å². The van der Waals surface area contributed by atoms with Crippen LogP contribution in [0.5, 0.6) is 0 Å². The molecule has 1 atom stereocenters. The summed E-state index contributed by atoms with van der Waals surface area (Å²) >= 11 is 4.99. The van der Waals surface area contributed by atoms with E-state index in [1.54, 1.807) is 0 Å². The van der Waals surface area contributed by atoms with Crippen molar-refractivity contribution in [3.8, 4) is 0 Å². The lowest BCUT2D eigenvalue weighted by molar-refractivity contribution is 0.671. The molecule has 7 nitrogen and oxygen atoms in total. The van der Waals surface area contributed by atoms with Crippen molar-refractivity contribution < 1.29 is 0 Å². The van der Waals surface area contributed by atoms with Crippen molar-refractivity contribution in [1.82, 2.24) is 25.3 Å². The van der Waals surface area contributed by atoms with E-state index >= 15 is 0 Å². The molecular weight excluding hydrogens is 250 g/mol. The SMILES string of the molecule is CCN(CC(C)C(N)=S)c1ccc2nnnn2n1. The first-order valence-corrected chi connectivity index (χ1v) is 6.12. The Morgan fingerprint density at radius 1 is 1.56 bits per heavy atom. The Morgan fingerprint density at radius 3 is 3.00 bits per heavy atom. The van der Waals surface area contributed by atoms with Crippen molar-refractivity contribution in [1.29, 1.82) is 0 Å². The first-order valence-electron chi connectivity index (χ1n) is 5.71. The van der Waals surface area contributed by atoms with Crippen molar-refractivity contribution >= 4 is 28.7 Å². The maximum absolute atomic E-state index is 5.64. The van der Waals surface area contributed by atoms with Crippen LogP contribution in [0.4, 0.5) is 5.82 Å². The van der Waals surface area contributed by atoms with Gasteiger partial charge >= 0.3 is 0 Å².